The molecule has 0 radical (unpaired) electrons. The van der Waals surface area contributed by atoms with Crippen LogP contribution in [0.1, 0.15) is 6.92 Å². The van der Waals surface area contributed by atoms with Crippen LogP contribution in [0.3, 0.4) is 0 Å². The summed E-state index contributed by atoms with van der Waals surface area (Å²) in [7, 11) is 3.29. The lowest BCUT2D eigenvalue weighted by molar-refractivity contribution is -0.130. The molecule has 0 aromatic heterocycles. The van der Waals surface area contributed by atoms with E-state index in [2.05, 4.69) is 26.6 Å². The van der Waals surface area contributed by atoms with Crippen LogP contribution in [0.25, 0.3) is 0 Å². The Morgan fingerprint density at radius 3 is 2.28 bits per heavy atom. The van der Waals surface area contributed by atoms with Crippen LogP contribution >= 0.6 is 15.9 Å². The molecule has 0 saturated heterocycles. The normalized spacial score (nSPS) is 11.6. The highest BCUT2D eigenvalue weighted by atomic mass is 79.9. The number of carbonyl (C=O) groups is 2. The van der Waals surface area contributed by atoms with E-state index in [1.165, 1.54) is 4.90 Å². The number of benzene rings is 1. The Bertz CT molecular complexity index is 431. The van der Waals surface area contributed by atoms with Crippen molar-refractivity contribution in [2.24, 2.45) is 0 Å². The van der Waals surface area contributed by atoms with E-state index >= 15 is 0 Å². The Kier molecular flexibility index (Phi) is 5.15. The van der Waals surface area contributed by atoms with Crippen LogP contribution in [0.4, 0.5) is 10.5 Å². The van der Waals surface area contributed by atoms with Gasteiger partial charge >= 0.3 is 6.03 Å². The van der Waals surface area contributed by atoms with Gasteiger partial charge in [0.2, 0.25) is 5.91 Å². The van der Waals surface area contributed by atoms with Crippen molar-refractivity contribution in [3.05, 3.63) is 28.7 Å². The van der Waals surface area contributed by atoms with Crippen molar-refractivity contribution in [2.75, 3.05) is 19.4 Å². The summed E-state index contributed by atoms with van der Waals surface area (Å²) in [6, 6.07) is 6.22. The van der Waals surface area contributed by atoms with Gasteiger partial charge < -0.3 is 15.5 Å². The number of nitrogens with zero attached hydrogens (tertiary/aromatic N) is 1. The number of likely N-dealkylation sites (N-methyl/N-ethyl adjacent to an activating group) is 1. The van der Waals surface area contributed by atoms with Gasteiger partial charge in [0, 0.05) is 24.3 Å². The molecule has 1 unspecified atom stereocenters. The average molecular weight is 314 g/mol. The smallest absolute Gasteiger partial charge is 0.319 e. The third kappa shape index (κ3) is 4.37. The average Bonchev–Trinajstić information content (AvgIpc) is 2.30. The van der Waals surface area contributed by atoms with Crippen LogP contribution in [0.5, 0.6) is 0 Å². The topological polar surface area (TPSA) is 61.4 Å². The summed E-state index contributed by atoms with van der Waals surface area (Å²) >= 11 is 3.31. The van der Waals surface area contributed by atoms with Crippen molar-refractivity contribution >= 4 is 33.6 Å². The number of rotatable bonds is 3. The van der Waals surface area contributed by atoms with Gasteiger partial charge in [-0.05, 0) is 31.2 Å². The second-order valence-electron chi connectivity index (χ2n) is 4.06. The highest BCUT2D eigenvalue weighted by molar-refractivity contribution is 9.10. The number of amides is 3. The van der Waals surface area contributed by atoms with Gasteiger partial charge in [-0.25, -0.2) is 4.79 Å². The predicted molar refractivity (Wildman–Crippen MR) is 74.5 cm³/mol. The van der Waals surface area contributed by atoms with E-state index in [1.54, 1.807) is 33.2 Å². The van der Waals surface area contributed by atoms with Gasteiger partial charge in [0.05, 0.1) is 0 Å². The van der Waals surface area contributed by atoms with Gasteiger partial charge in [0.1, 0.15) is 6.04 Å². The first-order valence-corrected chi connectivity index (χ1v) is 6.23. The first-order chi connectivity index (χ1) is 8.40. The fourth-order valence-corrected chi connectivity index (χ4v) is 1.61. The number of hydrogen-bond donors (Lipinski definition) is 2. The van der Waals surface area contributed by atoms with E-state index in [-0.39, 0.29) is 5.91 Å². The molecule has 3 amide bonds. The minimum Gasteiger partial charge on any atom is -0.347 e. The maximum atomic E-state index is 11.6. The highest BCUT2D eigenvalue weighted by Crippen LogP contribution is 2.13. The molecule has 0 aliphatic rings. The van der Waals surface area contributed by atoms with E-state index in [9.17, 15) is 9.59 Å². The zero-order valence-electron chi connectivity index (χ0n) is 10.5. The molecule has 1 atom stereocenters. The largest absolute Gasteiger partial charge is 0.347 e. The zero-order chi connectivity index (χ0) is 13.7. The van der Waals surface area contributed by atoms with Gasteiger partial charge in [0.15, 0.2) is 0 Å². The summed E-state index contributed by atoms with van der Waals surface area (Å²) < 4.78 is 0.935. The van der Waals surface area contributed by atoms with E-state index in [0.717, 1.165) is 4.47 Å². The molecule has 1 aromatic carbocycles. The lowest BCUT2D eigenvalue weighted by Crippen LogP contribution is -2.45. The van der Waals surface area contributed by atoms with Crippen LogP contribution in [0.2, 0.25) is 0 Å². The first kappa shape index (κ1) is 14.5. The molecule has 5 nitrogen and oxygen atoms in total. The van der Waals surface area contributed by atoms with Gasteiger partial charge in [-0.2, -0.15) is 0 Å². The number of halogens is 1. The van der Waals surface area contributed by atoms with E-state index in [0.29, 0.717) is 5.69 Å². The van der Waals surface area contributed by atoms with Gasteiger partial charge in [-0.1, -0.05) is 15.9 Å². The molecule has 98 valence electrons. The molecule has 0 heterocycles. The zero-order valence-corrected chi connectivity index (χ0v) is 12.1. The van der Waals surface area contributed by atoms with Crippen molar-refractivity contribution < 1.29 is 9.59 Å². The third-order valence-electron chi connectivity index (χ3n) is 2.26. The molecule has 0 saturated carbocycles. The fourth-order valence-electron chi connectivity index (χ4n) is 1.35. The maximum absolute atomic E-state index is 11.6. The highest BCUT2D eigenvalue weighted by Gasteiger charge is 2.16. The van der Waals surface area contributed by atoms with Crippen molar-refractivity contribution in [1.29, 1.82) is 0 Å². The Balaban J connectivity index is 2.51. The van der Waals surface area contributed by atoms with Crippen molar-refractivity contribution in [3.8, 4) is 0 Å². The predicted octanol–water partition coefficient (Wildman–Crippen LogP) is 2.05. The Labute approximate surface area is 115 Å². The Hall–Kier alpha value is -1.56. The summed E-state index contributed by atoms with van der Waals surface area (Å²) in [6.45, 7) is 1.64. The number of hydrogen-bond acceptors (Lipinski definition) is 2. The molecule has 18 heavy (non-hydrogen) atoms. The van der Waals surface area contributed by atoms with Crippen LogP contribution < -0.4 is 10.6 Å². The lowest BCUT2D eigenvalue weighted by atomic mass is 10.3. The summed E-state index contributed by atoms with van der Waals surface area (Å²) in [5.74, 6) is -0.152. The van der Waals surface area contributed by atoms with Crippen LogP contribution in [0.15, 0.2) is 28.7 Å². The number of urea groups is 1. The Morgan fingerprint density at radius 1 is 1.22 bits per heavy atom. The SMILES string of the molecule is CC(NC(=O)Nc1ccc(Br)cc1)C(=O)N(C)C. The molecule has 0 spiro atoms. The van der Waals surface area contributed by atoms with Crippen LogP contribution in [-0.4, -0.2) is 37.0 Å². The van der Waals surface area contributed by atoms with Crippen molar-refractivity contribution in [1.82, 2.24) is 10.2 Å². The monoisotopic (exact) mass is 313 g/mol. The maximum Gasteiger partial charge on any atom is 0.319 e. The lowest BCUT2D eigenvalue weighted by Gasteiger charge is -2.18. The minimum absolute atomic E-state index is 0.152. The second-order valence-corrected chi connectivity index (χ2v) is 4.98. The van der Waals surface area contributed by atoms with Gasteiger partial charge in [-0.15, -0.1) is 0 Å². The standard InChI is InChI=1S/C12H16BrN3O2/c1-8(11(17)16(2)3)14-12(18)15-10-6-4-9(13)5-7-10/h4-8H,1-3H3,(H2,14,15,18). The molecule has 0 bridgehead atoms. The number of carbonyl (C=O) groups excluding carboxylic acids is 2. The Morgan fingerprint density at radius 2 is 1.78 bits per heavy atom. The van der Waals surface area contributed by atoms with Gasteiger partial charge in [0.25, 0.3) is 0 Å². The number of anilines is 1. The summed E-state index contributed by atoms with van der Waals surface area (Å²) in [6.07, 6.45) is 0. The molecule has 1 aromatic rings. The first-order valence-electron chi connectivity index (χ1n) is 5.44. The van der Waals surface area contributed by atoms with Crippen LogP contribution in [-0.2, 0) is 4.79 Å². The van der Waals surface area contributed by atoms with Crippen molar-refractivity contribution in [2.45, 2.75) is 13.0 Å². The molecule has 0 fully saturated rings. The van der Waals surface area contributed by atoms with E-state index < -0.39 is 12.1 Å². The quantitative estimate of drug-likeness (QED) is 0.897. The third-order valence-corrected chi connectivity index (χ3v) is 2.79. The fraction of sp³-hybridized carbons (Fsp3) is 0.333. The summed E-state index contributed by atoms with van der Waals surface area (Å²) in [5, 5.41) is 5.22. The van der Waals surface area contributed by atoms with Gasteiger partial charge in [-0.3, -0.25) is 4.79 Å². The molecule has 0 aliphatic heterocycles. The van der Waals surface area contributed by atoms with E-state index in [1.807, 2.05) is 12.1 Å². The van der Waals surface area contributed by atoms with Crippen LogP contribution in [0, 0.1) is 0 Å². The van der Waals surface area contributed by atoms with Crippen molar-refractivity contribution in [3.63, 3.8) is 0 Å². The molecule has 2 N–H and O–H groups in total. The summed E-state index contributed by atoms with van der Waals surface area (Å²) in [5.41, 5.74) is 0.667. The molecule has 0 aliphatic carbocycles. The molecular weight excluding hydrogens is 298 g/mol. The second kappa shape index (κ2) is 6.39. The summed E-state index contributed by atoms with van der Waals surface area (Å²) in [4.78, 5) is 24.6. The number of nitrogens with one attached hydrogen (secondary N) is 2. The minimum atomic E-state index is -0.560. The molecule has 1 rings (SSSR count). The molecular formula is C12H16BrN3O2. The van der Waals surface area contributed by atoms with E-state index in [4.69, 9.17) is 0 Å². The molecule has 6 heteroatoms.